The number of aromatic nitrogens is 3. The minimum Gasteiger partial charge on any atom is -0.483 e. The molecule has 2 aromatic heterocycles. The molecule has 37 heavy (non-hydrogen) atoms. The van der Waals surface area contributed by atoms with Gasteiger partial charge in [-0.1, -0.05) is 7.43 Å². The molecule has 9 nitrogen and oxygen atoms in total. The maximum Gasteiger partial charge on any atom is 0.150 e. The highest BCUT2D eigenvalue weighted by Gasteiger charge is 2.29. The number of ether oxygens (including phenoxy) is 2. The van der Waals surface area contributed by atoms with E-state index in [-0.39, 0.29) is 26.4 Å². The molecular weight excluding hydrogens is 497 g/mol. The van der Waals surface area contributed by atoms with Gasteiger partial charge in [0, 0.05) is 30.1 Å². The van der Waals surface area contributed by atoms with Crippen LogP contribution < -0.4 is 10.1 Å². The molecule has 0 amide bonds. The van der Waals surface area contributed by atoms with Crippen molar-refractivity contribution < 1.29 is 23.2 Å². The number of fused-ring (bicyclic) bond motifs is 1. The summed E-state index contributed by atoms with van der Waals surface area (Å²) in [4.78, 5) is 13.3. The summed E-state index contributed by atoms with van der Waals surface area (Å²) in [5.74, 6) is 0.228. The molecule has 3 atom stereocenters. The molecule has 0 aliphatic carbocycles. The first kappa shape index (κ1) is 26.4. The Kier molecular flexibility index (Phi) is 7.67. The Balaban J connectivity index is 0.00000320. The van der Waals surface area contributed by atoms with E-state index in [1.54, 1.807) is 42.9 Å². The molecule has 4 aromatic rings. The number of nitrogens with zero attached hydrogens (tertiary/aromatic N) is 4. The van der Waals surface area contributed by atoms with E-state index in [2.05, 4.69) is 24.6 Å². The Morgan fingerprint density at radius 3 is 2.78 bits per heavy atom. The van der Waals surface area contributed by atoms with Crippen molar-refractivity contribution in [1.82, 2.24) is 15.0 Å². The number of hydrogen-bond donors (Lipinski definition) is 2. The van der Waals surface area contributed by atoms with E-state index in [4.69, 9.17) is 9.47 Å². The first-order chi connectivity index (χ1) is 17.3. The molecule has 1 saturated heterocycles. The summed E-state index contributed by atoms with van der Waals surface area (Å²) >= 11 is 0. The highest BCUT2D eigenvalue weighted by molar-refractivity contribution is 7.93. The fourth-order valence-electron chi connectivity index (χ4n) is 3.97. The van der Waals surface area contributed by atoms with Crippen LogP contribution in [0.15, 0.2) is 70.4 Å². The first-order valence-corrected chi connectivity index (χ1v) is 13.1. The first-order valence-electron chi connectivity index (χ1n) is 11.2. The zero-order valence-corrected chi connectivity index (χ0v) is 20.4. The Morgan fingerprint density at radius 2 is 2.05 bits per heavy atom. The van der Waals surface area contributed by atoms with Gasteiger partial charge in [0.2, 0.25) is 0 Å². The van der Waals surface area contributed by atoms with Gasteiger partial charge in [-0.25, -0.2) is 18.6 Å². The van der Waals surface area contributed by atoms with Crippen LogP contribution in [0.1, 0.15) is 13.0 Å². The second-order valence-corrected chi connectivity index (χ2v) is 10.7. The summed E-state index contributed by atoms with van der Waals surface area (Å²) in [6, 6.07) is 11.1. The fourth-order valence-corrected chi connectivity index (χ4v) is 5.17. The number of rotatable bonds is 6. The maximum atomic E-state index is 14.0. The molecule has 2 N–H and O–H groups in total. The number of anilines is 2. The highest BCUT2D eigenvalue weighted by atomic mass is 32.2. The number of hydrogen-bond acceptors (Lipinski definition) is 9. The standard InChI is InChI=1S/C25H24FN5O4S.CH4/c1-15-8-17(31-36(2,33)18-4-3-7-27-11-18)10-20-24(15)25(29-14-28-20)30-19-6-5-16(26)9-22(19)35-23-13-34-12-21(23)32;/h3-11,14,21,23,32H,12-13H2,1-2H3,(H,28,29,30);1H4/t21-,23+,36?;/m0./s1. The lowest BCUT2D eigenvalue weighted by Crippen LogP contribution is -2.30. The highest BCUT2D eigenvalue weighted by Crippen LogP contribution is 2.35. The Labute approximate surface area is 214 Å². The summed E-state index contributed by atoms with van der Waals surface area (Å²) in [5, 5.41) is 14.0. The third-order valence-corrected chi connectivity index (χ3v) is 7.42. The van der Waals surface area contributed by atoms with Gasteiger partial charge >= 0.3 is 0 Å². The molecule has 2 aromatic carbocycles. The third kappa shape index (κ3) is 5.68. The lowest BCUT2D eigenvalue weighted by atomic mass is 10.1. The predicted molar refractivity (Wildman–Crippen MR) is 141 cm³/mol. The van der Waals surface area contributed by atoms with Gasteiger partial charge in [0.25, 0.3) is 0 Å². The number of nitrogens with one attached hydrogen (secondary N) is 1. The summed E-state index contributed by atoms with van der Waals surface area (Å²) in [5.41, 5.74) is 2.38. The van der Waals surface area contributed by atoms with Crippen LogP contribution in [0.3, 0.4) is 0 Å². The summed E-state index contributed by atoms with van der Waals surface area (Å²) in [7, 11) is -2.71. The van der Waals surface area contributed by atoms with Crippen LogP contribution in [-0.4, -0.2) is 55.9 Å². The second-order valence-electron chi connectivity index (χ2n) is 8.49. The summed E-state index contributed by atoms with van der Waals surface area (Å²) < 4.78 is 42.8. The molecule has 5 rings (SSSR count). The molecule has 1 aliphatic rings. The molecule has 194 valence electrons. The lowest BCUT2D eigenvalue weighted by Gasteiger charge is -2.19. The lowest BCUT2D eigenvalue weighted by molar-refractivity contribution is 0.0736. The molecule has 1 unspecified atom stereocenters. The average molecular weight is 526 g/mol. The van der Waals surface area contributed by atoms with Crippen molar-refractivity contribution in [3.8, 4) is 5.75 Å². The summed E-state index contributed by atoms with van der Waals surface area (Å²) in [6.07, 6.45) is 4.72. The van der Waals surface area contributed by atoms with Crippen LogP contribution in [0, 0.1) is 12.7 Å². The van der Waals surface area contributed by atoms with E-state index in [1.165, 1.54) is 18.5 Å². The number of aryl methyl sites for hydroxylation is 1. The zero-order valence-electron chi connectivity index (χ0n) is 19.6. The molecule has 0 saturated carbocycles. The quantitative estimate of drug-likeness (QED) is 0.369. The number of benzene rings is 2. The van der Waals surface area contributed by atoms with Gasteiger partial charge in [0.15, 0.2) is 6.10 Å². The number of aliphatic hydroxyl groups is 1. The molecule has 0 bridgehead atoms. The molecule has 0 radical (unpaired) electrons. The minimum atomic E-state index is -2.71. The zero-order chi connectivity index (χ0) is 25.3. The minimum absolute atomic E-state index is 0. The van der Waals surface area contributed by atoms with E-state index in [1.807, 2.05) is 13.0 Å². The van der Waals surface area contributed by atoms with E-state index >= 15 is 0 Å². The molecular formula is C26H28FN5O4S. The normalized spacial score (nSPS) is 18.6. The maximum absolute atomic E-state index is 14.0. The van der Waals surface area contributed by atoms with Gasteiger partial charge in [-0.05, 0) is 48.9 Å². The van der Waals surface area contributed by atoms with Crippen molar-refractivity contribution in [2.24, 2.45) is 4.36 Å². The van der Waals surface area contributed by atoms with Crippen molar-refractivity contribution in [2.75, 3.05) is 24.8 Å². The summed E-state index contributed by atoms with van der Waals surface area (Å²) in [6.45, 7) is 2.25. The van der Waals surface area contributed by atoms with Crippen molar-refractivity contribution in [2.45, 2.75) is 31.5 Å². The predicted octanol–water partition coefficient (Wildman–Crippen LogP) is 4.78. The van der Waals surface area contributed by atoms with E-state index in [0.29, 0.717) is 27.6 Å². The Morgan fingerprint density at radius 1 is 1.22 bits per heavy atom. The van der Waals surface area contributed by atoms with Gasteiger partial charge in [-0.3, -0.25) is 4.98 Å². The van der Waals surface area contributed by atoms with Gasteiger partial charge in [-0.15, -0.1) is 0 Å². The van der Waals surface area contributed by atoms with Crippen molar-refractivity contribution >= 4 is 37.8 Å². The van der Waals surface area contributed by atoms with E-state index in [0.717, 1.165) is 10.9 Å². The van der Waals surface area contributed by atoms with Gasteiger partial charge in [0.05, 0.1) is 44.7 Å². The fraction of sp³-hybridized carbons (Fsp3) is 0.269. The van der Waals surface area contributed by atoms with Crippen LogP contribution >= 0.6 is 0 Å². The van der Waals surface area contributed by atoms with Crippen molar-refractivity contribution in [1.29, 1.82) is 0 Å². The molecule has 1 aliphatic heterocycles. The van der Waals surface area contributed by atoms with Gasteiger partial charge in [0.1, 0.15) is 29.8 Å². The topological polar surface area (TPSA) is 119 Å². The average Bonchev–Trinajstić information content (AvgIpc) is 3.25. The van der Waals surface area contributed by atoms with Crippen LogP contribution in [0.5, 0.6) is 5.75 Å². The van der Waals surface area contributed by atoms with Crippen LogP contribution in [0.2, 0.25) is 0 Å². The SMILES string of the molecule is C.Cc1cc(N=S(C)(=O)c2cccnc2)cc2ncnc(Nc3ccc(F)cc3O[C@@H]3COC[C@@H]3O)c12. The van der Waals surface area contributed by atoms with E-state index in [9.17, 15) is 13.7 Å². The van der Waals surface area contributed by atoms with Crippen LogP contribution in [-0.2, 0) is 14.5 Å². The largest absolute Gasteiger partial charge is 0.483 e. The Hall–Kier alpha value is -3.67. The van der Waals surface area contributed by atoms with Crippen LogP contribution in [0.25, 0.3) is 10.9 Å². The van der Waals surface area contributed by atoms with Crippen molar-refractivity contribution in [3.63, 3.8) is 0 Å². The smallest absolute Gasteiger partial charge is 0.150 e. The van der Waals surface area contributed by atoms with Crippen molar-refractivity contribution in [3.05, 3.63) is 72.6 Å². The number of pyridine rings is 1. The van der Waals surface area contributed by atoms with Gasteiger partial charge < -0.3 is 19.9 Å². The van der Waals surface area contributed by atoms with Crippen LogP contribution in [0.4, 0.5) is 21.6 Å². The van der Waals surface area contributed by atoms with E-state index < -0.39 is 27.8 Å². The number of halogens is 1. The second kappa shape index (κ2) is 10.8. The Bertz CT molecular complexity index is 1540. The molecule has 1 fully saturated rings. The monoisotopic (exact) mass is 525 g/mol. The van der Waals surface area contributed by atoms with Gasteiger partial charge in [-0.2, -0.15) is 4.36 Å². The molecule has 3 heterocycles. The number of aliphatic hydroxyl groups excluding tert-OH is 1. The molecule has 11 heteroatoms. The third-order valence-electron chi connectivity index (χ3n) is 5.75. The molecule has 0 spiro atoms.